The van der Waals surface area contributed by atoms with Crippen molar-refractivity contribution in [1.29, 1.82) is 0 Å². The molecule has 164 valence electrons. The number of hydrogen-bond acceptors (Lipinski definition) is 4. The molecule has 5 rings (SSSR count). The van der Waals surface area contributed by atoms with Crippen LogP contribution in [0.15, 0.2) is 91.5 Å². The molecule has 7 heteroatoms. The van der Waals surface area contributed by atoms with Crippen LogP contribution in [0.4, 0.5) is 5.69 Å². The van der Waals surface area contributed by atoms with Crippen molar-refractivity contribution in [3.8, 4) is 0 Å². The molecule has 2 unspecified atom stereocenters. The Hall–Kier alpha value is -4.26. The number of carbonyl (C=O) groups is 2. The predicted molar refractivity (Wildman–Crippen MR) is 125 cm³/mol. The molecule has 3 aromatic carbocycles. The zero-order valence-corrected chi connectivity index (χ0v) is 18.1. The summed E-state index contributed by atoms with van der Waals surface area (Å²) in [6.45, 7) is 0.604. The van der Waals surface area contributed by atoms with E-state index >= 15 is 0 Å². The van der Waals surface area contributed by atoms with Gasteiger partial charge in [-0.05, 0) is 34.9 Å². The van der Waals surface area contributed by atoms with Crippen LogP contribution >= 0.6 is 0 Å². The average molecular weight is 438 g/mol. The second kappa shape index (κ2) is 8.70. The topological polar surface area (TPSA) is 80.1 Å². The summed E-state index contributed by atoms with van der Waals surface area (Å²) >= 11 is 0. The van der Waals surface area contributed by atoms with Crippen LogP contribution in [0.5, 0.6) is 0 Å². The van der Waals surface area contributed by atoms with Crippen molar-refractivity contribution < 1.29 is 9.59 Å². The Kier molecular flexibility index (Phi) is 5.44. The van der Waals surface area contributed by atoms with Crippen LogP contribution in [0.2, 0.25) is 0 Å². The number of aromatic nitrogens is 3. The maximum absolute atomic E-state index is 13.6. The lowest BCUT2D eigenvalue weighted by Gasteiger charge is -2.39. The second-order valence-electron chi connectivity index (χ2n) is 8.12. The second-order valence-corrected chi connectivity index (χ2v) is 8.12. The Bertz CT molecular complexity index is 1270. The van der Waals surface area contributed by atoms with Crippen LogP contribution < -0.4 is 5.32 Å². The van der Waals surface area contributed by atoms with Gasteiger partial charge in [-0.3, -0.25) is 9.59 Å². The Morgan fingerprint density at radius 1 is 0.970 bits per heavy atom. The molecule has 1 N–H and O–H groups in total. The van der Waals surface area contributed by atoms with Crippen LogP contribution in [0.3, 0.4) is 0 Å². The van der Waals surface area contributed by atoms with Gasteiger partial charge in [0.25, 0.3) is 5.91 Å². The van der Waals surface area contributed by atoms with Gasteiger partial charge in [0.15, 0.2) is 0 Å². The molecule has 2 atom stereocenters. The molecular formula is C26H23N5O2. The number of anilines is 1. The summed E-state index contributed by atoms with van der Waals surface area (Å²) in [6, 6.07) is 24.3. The van der Waals surface area contributed by atoms with E-state index in [2.05, 4.69) is 15.4 Å². The minimum Gasteiger partial charge on any atom is -0.334 e. The first-order valence-corrected chi connectivity index (χ1v) is 10.7. The van der Waals surface area contributed by atoms with Crippen molar-refractivity contribution in [3.05, 3.63) is 114 Å². The summed E-state index contributed by atoms with van der Waals surface area (Å²) in [4.78, 5) is 32.3. The van der Waals surface area contributed by atoms with E-state index in [1.807, 2.05) is 72.8 Å². The third-order valence-corrected chi connectivity index (χ3v) is 6.04. The normalized spacial score (nSPS) is 17.5. The lowest BCUT2D eigenvalue weighted by atomic mass is 9.79. The fraction of sp³-hybridized carbons (Fsp3) is 0.154. The third-order valence-electron chi connectivity index (χ3n) is 6.04. The molecule has 0 radical (unpaired) electrons. The van der Waals surface area contributed by atoms with Crippen molar-refractivity contribution in [3.63, 3.8) is 0 Å². The van der Waals surface area contributed by atoms with Gasteiger partial charge in [-0.1, -0.05) is 60.7 Å². The zero-order chi connectivity index (χ0) is 22.8. The van der Waals surface area contributed by atoms with Crippen molar-refractivity contribution in [2.24, 2.45) is 0 Å². The van der Waals surface area contributed by atoms with E-state index in [4.69, 9.17) is 0 Å². The number of hydrogen-bond donors (Lipinski definition) is 1. The Balaban J connectivity index is 1.45. The van der Waals surface area contributed by atoms with Crippen LogP contribution in [0, 0.1) is 0 Å². The van der Waals surface area contributed by atoms with Crippen LogP contribution in [0.25, 0.3) is 0 Å². The molecular weight excluding hydrogens is 414 g/mol. The number of nitrogens with zero attached hydrogens (tertiary/aromatic N) is 4. The first-order chi connectivity index (χ1) is 16.1. The van der Waals surface area contributed by atoms with Gasteiger partial charge < -0.3 is 10.2 Å². The van der Waals surface area contributed by atoms with E-state index in [9.17, 15) is 9.59 Å². The molecule has 33 heavy (non-hydrogen) atoms. The first-order valence-electron chi connectivity index (χ1n) is 10.7. The largest absolute Gasteiger partial charge is 0.334 e. The van der Waals surface area contributed by atoms with Crippen LogP contribution in [0.1, 0.15) is 39.0 Å². The highest BCUT2D eigenvalue weighted by Crippen LogP contribution is 2.42. The number of carbonyl (C=O) groups excluding carboxylic acids is 2. The molecule has 1 aromatic heterocycles. The van der Waals surface area contributed by atoms with Crippen molar-refractivity contribution >= 4 is 17.5 Å². The van der Waals surface area contributed by atoms with Gasteiger partial charge in [-0.25, -0.2) is 9.67 Å². The van der Waals surface area contributed by atoms with Gasteiger partial charge in [0.1, 0.15) is 12.7 Å². The van der Waals surface area contributed by atoms with E-state index in [0.717, 1.165) is 16.7 Å². The quantitative estimate of drug-likeness (QED) is 0.514. The molecule has 0 saturated heterocycles. The molecule has 7 nitrogen and oxygen atoms in total. The van der Waals surface area contributed by atoms with Crippen LogP contribution in [-0.4, -0.2) is 38.5 Å². The minimum absolute atomic E-state index is 0.0824. The summed E-state index contributed by atoms with van der Waals surface area (Å²) < 4.78 is 1.74. The van der Waals surface area contributed by atoms with E-state index in [1.165, 1.54) is 6.33 Å². The maximum atomic E-state index is 13.6. The van der Waals surface area contributed by atoms with Gasteiger partial charge in [-0.2, -0.15) is 5.10 Å². The highest BCUT2D eigenvalue weighted by Gasteiger charge is 2.42. The van der Waals surface area contributed by atoms with Crippen molar-refractivity contribution in [2.75, 3.05) is 12.4 Å². The Labute approximate surface area is 191 Å². The molecule has 0 fully saturated rings. The summed E-state index contributed by atoms with van der Waals surface area (Å²) in [7, 11) is 1.76. The van der Waals surface area contributed by atoms with E-state index in [-0.39, 0.29) is 11.8 Å². The zero-order valence-electron chi connectivity index (χ0n) is 18.1. The fourth-order valence-electron chi connectivity index (χ4n) is 4.44. The lowest BCUT2D eigenvalue weighted by Crippen LogP contribution is -2.44. The van der Waals surface area contributed by atoms with Gasteiger partial charge in [0.05, 0.1) is 18.5 Å². The Morgan fingerprint density at radius 3 is 2.42 bits per heavy atom. The highest BCUT2D eigenvalue weighted by atomic mass is 16.2. The Morgan fingerprint density at radius 2 is 1.70 bits per heavy atom. The first kappa shape index (κ1) is 20.6. The fourth-order valence-corrected chi connectivity index (χ4v) is 4.44. The number of rotatable bonds is 5. The van der Waals surface area contributed by atoms with Gasteiger partial charge >= 0.3 is 0 Å². The molecule has 1 aliphatic heterocycles. The third kappa shape index (κ3) is 4.01. The molecule has 0 aliphatic carbocycles. The molecule has 2 amide bonds. The molecule has 0 saturated carbocycles. The molecule has 0 spiro atoms. The minimum atomic E-state index is -0.541. The van der Waals surface area contributed by atoms with E-state index in [1.54, 1.807) is 29.0 Å². The van der Waals surface area contributed by atoms with Crippen molar-refractivity contribution in [1.82, 2.24) is 19.7 Å². The van der Waals surface area contributed by atoms with Crippen LogP contribution in [-0.2, 0) is 11.3 Å². The number of nitrogens with one attached hydrogen (secondary N) is 1. The van der Waals surface area contributed by atoms with Gasteiger partial charge in [0.2, 0.25) is 5.91 Å². The number of benzene rings is 3. The lowest BCUT2D eigenvalue weighted by molar-refractivity contribution is -0.119. The molecule has 2 heterocycles. The number of amides is 2. The number of likely N-dealkylation sites (N-methyl/N-ethyl adjacent to an activating group) is 1. The smallest absolute Gasteiger partial charge is 0.254 e. The average Bonchev–Trinajstić information content (AvgIpc) is 3.36. The van der Waals surface area contributed by atoms with Gasteiger partial charge in [0, 0.05) is 18.3 Å². The van der Waals surface area contributed by atoms with Gasteiger partial charge in [-0.15, -0.1) is 0 Å². The summed E-state index contributed by atoms with van der Waals surface area (Å²) in [5, 5.41) is 7.18. The summed E-state index contributed by atoms with van der Waals surface area (Å²) in [6.07, 6.45) is 3.17. The summed E-state index contributed by atoms with van der Waals surface area (Å²) in [5.41, 5.74) is 3.98. The van der Waals surface area contributed by atoms with Crippen molar-refractivity contribution in [2.45, 2.75) is 18.5 Å². The summed E-state index contributed by atoms with van der Waals surface area (Å²) in [5.74, 6) is -0.776. The molecule has 4 aromatic rings. The standard InChI is InChI=1S/C26H23N5O2/c1-30-24(19-7-3-2-4-8-19)23(21-9-5-6-10-22(21)26(30)33)25(32)29-20-13-11-18(12-14-20)15-31-17-27-16-28-31/h2-14,16-17,23-24H,15H2,1H3,(H,29,32). The van der Waals surface area contributed by atoms with E-state index < -0.39 is 12.0 Å². The monoisotopic (exact) mass is 437 g/mol. The maximum Gasteiger partial charge on any atom is 0.254 e. The van der Waals surface area contributed by atoms with E-state index in [0.29, 0.717) is 17.8 Å². The molecule has 0 bridgehead atoms. The molecule has 1 aliphatic rings. The highest BCUT2D eigenvalue weighted by molar-refractivity contribution is 6.04. The predicted octanol–water partition coefficient (Wildman–Crippen LogP) is 3.88. The number of fused-ring (bicyclic) bond motifs is 1. The SMILES string of the molecule is CN1C(=O)c2ccccc2C(C(=O)Nc2ccc(Cn3cncn3)cc2)C1c1ccccc1.